The molecule has 4 rings (SSSR count). The second-order valence-electron chi connectivity index (χ2n) is 4.54. The van der Waals surface area contributed by atoms with Gasteiger partial charge in [0.1, 0.15) is 5.76 Å². The molecular formula is C16H8O4. The van der Waals surface area contributed by atoms with Crippen molar-refractivity contribution in [3.8, 4) is 11.3 Å². The third-order valence-corrected chi connectivity index (χ3v) is 3.45. The number of benzene rings is 2. The molecule has 0 spiro atoms. The molecule has 1 aliphatic heterocycles. The predicted octanol–water partition coefficient (Wildman–Crippen LogP) is 3.41. The van der Waals surface area contributed by atoms with Crippen molar-refractivity contribution in [2.45, 2.75) is 0 Å². The summed E-state index contributed by atoms with van der Waals surface area (Å²) in [5, 5.41) is 1.43. The summed E-state index contributed by atoms with van der Waals surface area (Å²) in [6.07, 6.45) is 1.59. The minimum atomic E-state index is -0.607. The number of rotatable bonds is 1. The quantitative estimate of drug-likeness (QED) is 0.499. The molecule has 2 heterocycles. The van der Waals surface area contributed by atoms with Gasteiger partial charge in [-0.1, -0.05) is 12.1 Å². The maximum atomic E-state index is 11.8. The molecule has 3 aromatic rings. The van der Waals surface area contributed by atoms with Gasteiger partial charge in [-0.25, -0.2) is 9.59 Å². The molecule has 0 atom stereocenters. The van der Waals surface area contributed by atoms with Crippen molar-refractivity contribution in [3.63, 3.8) is 0 Å². The zero-order valence-electron chi connectivity index (χ0n) is 10.3. The average molecular weight is 264 g/mol. The normalized spacial score (nSPS) is 13.6. The number of hydrogen-bond donors (Lipinski definition) is 0. The van der Waals surface area contributed by atoms with Gasteiger partial charge in [0.05, 0.1) is 17.4 Å². The lowest BCUT2D eigenvalue weighted by molar-refractivity contribution is 0.0391. The van der Waals surface area contributed by atoms with Gasteiger partial charge in [0.15, 0.2) is 0 Å². The Balaban J connectivity index is 2.16. The Bertz CT molecular complexity index is 839. The summed E-state index contributed by atoms with van der Waals surface area (Å²) in [5.74, 6) is -0.519. The molecule has 20 heavy (non-hydrogen) atoms. The Labute approximate surface area is 113 Å². The van der Waals surface area contributed by atoms with Crippen LogP contribution < -0.4 is 0 Å². The third kappa shape index (κ3) is 1.36. The molecule has 0 saturated carbocycles. The first-order valence-electron chi connectivity index (χ1n) is 6.12. The van der Waals surface area contributed by atoms with Crippen LogP contribution in [0.4, 0.5) is 0 Å². The van der Waals surface area contributed by atoms with Gasteiger partial charge >= 0.3 is 11.9 Å². The van der Waals surface area contributed by atoms with E-state index in [1.165, 1.54) is 0 Å². The van der Waals surface area contributed by atoms with E-state index in [9.17, 15) is 9.59 Å². The minimum Gasteiger partial charge on any atom is -0.464 e. The largest absolute Gasteiger partial charge is 0.464 e. The smallest absolute Gasteiger partial charge is 0.346 e. The number of furan rings is 1. The fourth-order valence-electron chi connectivity index (χ4n) is 2.59. The second-order valence-corrected chi connectivity index (χ2v) is 4.54. The van der Waals surface area contributed by atoms with E-state index in [0.29, 0.717) is 22.3 Å². The van der Waals surface area contributed by atoms with E-state index in [0.717, 1.165) is 10.9 Å². The number of cyclic esters (lactones) is 2. The Morgan fingerprint density at radius 1 is 0.750 bits per heavy atom. The summed E-state index contributed by atoms with van der Waals surface area (Å²) in [6.45, 7) is 0. The lowest BCUT2D eigenvalue weighted by Gasteiger charge is -2.16. The van der Waals surface area contributed by atoms with Crippen LogP contribution in [0, 0.1) is 0 Å². The summed E-state index contributed by atoms with van der Waals surface area (Å²) >= 11 is 0. The number of hydrogen-bond acceptors (Lipinski definition) is 4. The lowest BCUT2D eigenvalue weighted by Crippen LogP contribution is -2.19. The molecule has 2 aromatic carbocycles. The molecule has 0 fully saturated rings. The highest BCUT2D eigenvalue weighted by Crippen LogP contribution is 2.35. The maximum Gasteiger partial charge on any atom is 0.346 e. The molecule has 0 radical (unpaired) electrons. The van der Waals surface area contributed by atoms with Crippen molar-refractivity contribution < 1.29 is 18.7 Å². The van der Waals surface area contributed by atoms with Gasteiger partial charge < -0.3 is 9.15 Å². The summed E-state index contributed by atoms with van der Waals surface area (Å²) < 4.78 is 10.1. The first kappa shape index (κ1) is 11.0. The number of carbonyl (C=O) groups excluding carboxylic acids is 2. The summed E-state index contributed by atoms with van der Waals surface area (Å²) in [4.78, 5) is 23.6. The Kier molecular flexibility index (Phi) is 2.09. The van der Waals surface area contributed by atoms with Crippen LogP contribution >= 0.6 is 0 Å². The van der Waals surface area contributed by atoms with Crippen LogP contribution in [0.5, 0.6) is 0 Å². The predicted molar refractivity (Wildman–Crippen MR) is 71.4 cm³/mol. The van der Waals surface area contributed by atoms with Crippen LogP contribution in [0.2, 0.25) is 0 Å². The van der Waals surface area contributed by atoms with Gasteiger partial charge in [0.25, 0.3) is 0 Å². The monoisotopic (exact) mass is 264 g/mol. The van der Waals surface area contributed by atoms with Crippen molar-refractivity contribution in [2.24, 2.45) is 0 Å². The van der Waals surface area contributed by atoms with E-state index in [4.69, 9.17) is 9.15 Å². The second kappa shape index (κ2) is 3.81. The number of ether oxygens (including phenoxy) is 1. The minimum absolute atomic E-state index is 0.408. The van der Waals surface area contributed by atoms with Crippen LogP contribution in [0.3, 0.4) is 0 Å². The standard InChI is InChI=1S/C16H8O4/c17-15-11-4-1-3-10-9(13-5-2-8-19-13)6-7-12(14(10)11)16(18)20-15/h1-8H. The Morgan fingerprint density at radius 3 is 2.25 bits per heavy atom. The van der Waals surface area contributed by atoms with E-state index < -0.39 is 11.9 Å². The van der Waals surface area contributed by atoms with E-state index in [1.807, 2.05) is 12.1 Å². The highest BCUT2D eigenvalue weighted by atomic mass is 16.6. The molecule has 1 aliphatic rings. The van der Waals surface area contributed by atoms with Gasteiger partial charge in [-0.05, 0) is 35.7 Å². The SMILES string of the molecule is O=C1OC(=O)c2ccc(-c3ccco3)c3cccc1c23. The van der Waals surface area contributed by atoms with E-state index in [-0.39, 0.29) is 0 Å². The van der Waals surface area contributed by atoms with Crippen LogP contribution in [0.25, 0.3) is 22.1 Å². The molecule has 0 unspecified atom stereocenters. The fourth-order valence-corrected chi connectivity index (χ4v) is 2.59. The van der Waals surface area contributed by atoms with Crippen molar-refractivity contribution in [1.29, 1.82) is 0 Å². The van der Waals surface area contributed by atoms with Crippen molar-refractivity contribution in [2.75, 3.05) is 0 Å². The summed E-state index contributed by atoms with van der Waals surface area (Å²) in [6, 6.07) is 12.4. The molecule has 0 amide bonds. The topological polar surface area (TPSA) is 56.5 Å². The van der Waals surface area contributed by atoms with Crippen LogP contribution in [-0.4, -0.2) is 11.9 Å². The molecule has 0 aliphatic carbocycles. The average Bonchev–Trinajstić information content (AvgIpc) is 2.98. The molecule has 0 saturated heterocycles. The van der Waals surface area contributed by atoms with Crippen LogP contribution in [0.15, 0.2) is 53.1 Å². The van der Waals surface area contributed by atoms with Crippen LogP contribution in [-0.2, 0) is 4.74 Å². The zero-order chi connectivity index (χ0) is 13.7. The molecule has 4 nitrogen and oxygen atoms in total. The Hall–Kier alpha value is -2.88. The van der Waals surface area contributed by atoms with Gasteiger partial charge in [0.2, 0.25) is 0 Å². The molecule has 0 N–H and O–H groups in total. The highest BCUT2D eigenvalue weighted by molar-refractivity contribution is 6.22. The summed E-state index contributed by atoms with van der Waals surface area (Å²) in [5.41, 5.74) is 1.66. The van der Waals surface area contributed by atoms with Crippen molar-refractivity contribution in [1.82, 2.24) is 0 Å². The fraction of sp³-hybridized carbons (Fsp3) is 0. The van der Waals surface area contributed by atoms with Gasteiger partial charge in [-0.2, -0.15) is 0 Å². The molecule has 96 valence electrons. The zero-order valence-corrected chi connectivity index (χ0v) is 10.3. The number of esters is 2. The van der Waals surface area contributed by atoms with E-state index >= 15 is 0 Å². The first-order valence-corrected chi connectivity index (χ1v) is 6.12. The maximum absolute atomic E-state index is 11.8. The molecular weight excluding hydrogens is 256 g/mol. The Morgan fingerprint density at radius 2 is 1.50 bits per heavy atom. The molecule has 0 bridgehead atoms. The highest BCUT2D eigenvalue weighted by Gasteiger charge is 2.28. The molecule has 1 aromatic heterocycles. The number of carbonyl (C=O) groups is 2. The van der Waals surface area contributed by atoms with E-state index in [2.05, 4.69) is 0 Å². The first-order chi connectivity index (χ1) is 9.75. The third-order valence-electron chi connectivity index (χ3n) is 3.45. The lowest BCUT2D eigenvalue weighted by atomic mass is 9.93. The summed E-state index contributed by atoms with van der Waals surface area (Å²) in [7, 11) is 0. The van der Waals surface area contributed by atoms with Gasteiger partial charge in [0, 0.05) is 10.9 Å². The van der Waals surface area contributed by atoms with Gasteiger partial charge in [-0.15, -0.1) is 0 Å². The van der Waals surface area contributed by atoms with Crippen LogP contribution in [0.1, 0.15) is 20.7 Å². The van der Waals surface area contributed by atoms with E-state index in [1.54, 1.807) is 36.6 Å². The van der Waals surface area contributed by atoms with Crippen molar-refractivity contribution in [3.05, 3.63) is 59.9 Å². The van der Waals surface area contributed by atoms with Crippen molar-refractivity contribution >= 4 is 22.7 Å². The molecule has 4 heteroatoms. The van der Waals surface area contributed by atoms with Gasteiger partial charge in [-0.3, -0.25) is 0 Å².